The monoisotopic (exact) mass is 382 g/mol. The molecule has 0 fully saturated rings. The van der Waals surface area contributed by atoms with Crippen molar-refractivity contribution in [1.82, 2.24) is 24.7 Å². The zero-order valence-corrected chi connectivity index (χ0v) is 15.9. The summed E-state index contributed by atoms with van der Waals surface area (Å²) in [4.78, 5) is 12.4. The molecular formula is C17H18N8OS. The van der Waals surface area contributed by atoms with E-state index in [4.69, 9.17) is 11.1 Å². The lowest BCUT2D eigenvalue weighted by Gasteiger charge is -2.11. The van der Waals surface area contributed by atoms with Crippen molar-refractivity contribution in [3.05, 3.63) is 47.3 Å². The summed E-state index contributed by atoms with van der Waals surface area (Å²) in [5.41, 5.74) is 2.76. The van der Waals surface area contributed by atoms with Gasteiger partial charge in [-0.3, -0.25) is 4.79 Å². The number of nitrogen functional groups attached to an aromatic ring is 1. The highest BCUT2D eigenvalue weighted by atomic mass is 32.2. The van der Waals surface area contributed by atoms with Gasteiger partial charge >= 0.3 is 0 Å². The van der Waals surface area contributed by atoms with Crippen molar-refractivity contribution in [3.63, 3.8) is 0 Å². The molecule has 1 amide bonds. The lowest BCUT2D eigenvalue weighted by atomic mass is 10.2. The molecule has 0 aliphatic carbocycles. The first kappa shape index (κ1) is 18.5. The minimum absolute atomic E-state index is 0.231. The van der Waals surface area contributed by atoms with E-state index in [1.807, 2.05) is 26.0 Å². The van der Waals surface area contributed by atoms with Gasteiger partial charge in [0.15, 0.2) is 0 Å². The summed E-state index contributed by atoms with van der Waals surface area (Å²) in [6.07, 6.45) is 0. The van der Waals surface area contributed by atoms with E-state index in [2.05, 4.69) is 20.6 Å². The Morgan fingerprint density at radius 3 is 2.78 bits per heavy atom. The van der Waals surface area contributed by atoms with E-state index in [9.17, 15) is 4.79 Å². The molecule has 10 heteroatoms. The van der Waals surface area contributed by atoms with Gasteiger partial charge in [-0.2, -0.15) is 10.4 Å². The van der Waals surface area contributed by atoms with E-state index in [1.165, 1.54) is 16.4 Å². The maximum Gasteiger partial charge on any atom is 0.271 e. The number of nitrogens with zero attached hydrogens (tertiary/aromatic N) is 6. The lowest BCUT2D eigenvalue weighted by Crippen LogP contribution is -2.24. The molecule has 27 heavy (non-hydrogen) atoms. The fraction of sp³-hybridized carbons (Fsp3) is 0.235. The topological polar surface area (TPSA) is 127 Å². The summed E-state index contributed by atoms with van der Waals surface area (Å²) in [6, 6.07) is 10.7. The fourth-order valence-corrected chi connectivity index (χ4v) is 3.21. The number of thioether (sulfide) groups is 1. The molecule has 0 bridgehead atoms. The van der Waals surface area contributed by atoms with Crippen LogP contribution >= 0.6 is 11.8 Å². The SMILES string of the molecule is Cc1cc(C)n(-c2nnc(SC(C)C(=O)Nc3cccc(C#N)c3)n2N)n1. The maximum atomic E-state index is 12.4. The standard InChI is InChI=1S/C17H18N8OS/c1-10-7-11(2)25(23-10)16-21-22-17(24(16)19)27-12(3)15(26)20-14-6-4-5-13(8-14)9-18/h4-8,12H,19H2,1-3H3,(H,20,26). The van der Waals surface area contributed by atoms with Crippen LogP contribution in [0.15, 0.2) is 35.5 Å². The van der Waals surface area contributed by atoms with E-state index >= 15 is 0 Å². The molecule has 0 spiro atoms. The summed E-state index contributed by atoms with van der Waals surface area (Å²) in [7, 11) is 0. The summed E-state index contributed by atoms with van der Waals surface area (Å²) < 4.78 is 2.91. The Hall–Kier alpha value is -3.32. The Balaban J connectivity index is 1.72. The van der Waals surface area contributed by atoms with Crippen LogP contribution in [0.2, 0.25) is 0 Å². The molecule has 0 saturated carbocycles. The number of aryl methyl sites for hydroxylation is 2. The molecule has 1 unspecified atom stereocenters. The first-order valence-electron chi connectivity index (χ1n) is 8.11. The first-order valence-corrected chi connectivity index (χ1v) is 8.99. The van der Waals surface area contributed by atoms with Gasteiger partial charge in [0, 0.05) is 11.4 Å². The number of nitriles is 1. The van der Waals surface area contributed by atoms with Gasteiger partial charge in [0.25, 0.3) is 5.95 Å². The van der Waals surface area contributed by atoms with Crippen LogP contribution in [0.25, 0.3) is 5.95 Å². The molecule has 0 aliphatic heterocycles. The number of anilines is 1. The first-order chi connectivity index (χ1) is 12.9. The van der Waals surface area contributed by atoms with Crippen LogP contribution in [-0.4, -0.2) is 35.8 Å². The number of rotatable bonds is 5. The summed E-state index contributed by atoms with van der Waals surface area (Å²) in [5, 5.41) is 24.1. The van der Waals surface area contributed by atoms with Crippen LogP contribution < -0.4 is 11.2 Å². The van der Waals surface area contributed by atoms with Crippen molar-refractivity contribution in [1.29, 1.82) is 5.26 Å². The number of aromatic nitrogens is 5. The van der Waals surface area contributed by atoms with Crippen LogP contribution in [0.5, 0.6) is 0 Å². The van der Waals surface area contributed by atoms with Gasteiger partial charge in [-0.25, -0.2) is 9.36 Å². The minimum Gasteiger partial charge on any atom is -0.334 e. The molecule has 3 N–H and O–H groups in total. The van der Waals surface area contributed by atoms with Crippen molar-refractivity contribution < 1.29 is 4.79 Å². The number of hydrogen-bond donors (Lipinski definition) is 2. The quantitative estimate of drug-likeness (QED) is 0.508. The lowest BCUT2D eigenvalue weighted by molar-refractivity contribution is -0.115. The Kier molecular flexibility index (Phi) is 5.14. The van der Waals surface area contributed by atoms with Crippen molar-refractivity contribution >= 4 is 23.4 Å². The van der Waals surface area contributed by atoms with Gasteiger partial charge in [-0.05, 0) is 45.0 Å². The van der Waals surface area contributed by atoms with Crippen molar-refractivity contribution in [2.75, 3.05) is 11.2 Å². The Morgan fingerprint density at radius 2 is 2.11 bits per heavy atom. The van der Waals surface area contributed by atoms with Crippen LogP contribution in [-0.2, 0) is 4.79 Å². The highest BCUT2D eigenvalue weighted by Gasteiger charge is 2.21. The van der Waals surface area contributed by atoms with Gasteiger partial charge in [0.1, 0.15) is 0 Å². The van der Waals surface area contributed by atoms with Crippen molar-refractivity contribution in [2.45, 2.75) is 31.2 Å². The number of carbonyl (C=O) groups is 1. The second-order valence-electron chi connectivity index (χ2n) is 5.93. The molecule has 2 aromatic heterocycles. The summed E-state index contributed by atoms with van der Waals surface area (Å²) >= 11 is 1.18. The Bertz CT molecular complexity index is 1030. The molecule has 0 saturated heterocycles. The van der Waals surface area contributed by atoms with Crippen molar-refractivity contribution in [2.24, 2.45) is 0 Å². The van der Waals surface area contributed by atoms with Gasteiger partial charge in [0.2, 0.25) is 11.1 Å². The van der Waals surface area contributed by atoms with E-state index < -0.39 is 5.25 Å². The van der Waals surface area contributed by atoms with Gasteiger partial charge in [-0.1, -0.05) is 17.8 Å². The molecule has 3 aromatic rings. The maximum absolute atomic E-state index is 12.4. The largest absolute Gasteiger partial charge is 0.334 e. The van der Waals surface area contributed by atoms with Crippen molar-refractivity contribution in [3.8, 4) is 12.0 Å². The predicted molar refractivity (Wildman–Crippen MR) is 102 cm³/mol. The number of nitrogens with two attached hydrogens (primary N) is 1. The van der Waals surface area contributed by atoms with Gasteiger partial charge in [-0.15, -0.1) is 10.2 Å². The zero-order chi connectivity index (χ0) is 19.6. The average molecular weight is 382 g/mol. The third-order valence-electron chi connectivity index (χ3n) is 3.76. The molecule has 138 valence electrons. The summed E-state index contributed by atoms with van der Waals surface area (Å²) in [6.45, 7) is 5.52. The number of amides is 1. The second kappa shape index (κ2) is 7.51. The number of benzene rings is 1. The minimum atomic E-state index is -0.476. The smallest absolute Gasteiger partial charge is 0.271 e. The van der Waals surface area contributed by atoms with Gasteiger partial charge < -0.3 is 11.2 Å². The second-order valence-corrected chi connectivity index (χ2v) is 7.24. The molecule has 2 heterocycles. The molecule has 1 aromatic carbocycles. The highest BCUT2D eigenvalue weighted by Crippen LogP contribution is 2.23. The third kappa shape index (κ3) is 3.93. The predicted octanol–water partition coefficient (Wildman–Crippen LogP) is 1.79. The van der Waals surface area contributed by atoms with E-state index in [1.54, 1.807) is 35.9 Å². The molecule has 3 rings (SSSR count). The van der Waals surface area contributed by atoms with Crippen LogP contribution in [0.4, 0.5) is 5.69 Å². The average Bonchev–Trinajstić information content (AvgIpc) is 3.16. The normalized spacial score (nSPS) is 11.8. The fourth-order valence-electron chi connectivity index (χ4n) is 2.45. The number of nitrogens with one attached hydrogen (secondary N) is 1. The Morgan fingerprint density at radius 1 is 1.33 bits per heavy atom. The van der Waals surface area contributed by atoms with Crippen LogP contribution in [0.3, 0.4) is 0 Å². The van der Waals surface area contributed by atoms with E-state index in [0.717, 1.165) is 11.4 Å². The molecule has 9 nitrogen and oxygen atoms in total. The third-order valence-corrected chi connectivity index (χ3v) is 4.81. The number of carbonyl (C=O) groups excluding carboxylic acids is 1. The van der Waals surface area contributed by atoms with Crippen LogP contribution in [0.1, 0.15) is 23.9 Å². The Labute approximate surface area is 160 Å². The summed E-state index contributed by atoms with van der Waals surface area (Å²) in [5.74, 6) is 6.24. The molecule has 1 atom stereocenters. The van der Waals surface area contributed by atoms with E-state index in [-0.39, 0.29) is 5.91 Å². The zero-order valence-electron chi connectivity index (χ0n) is 15.0. The number of hydrogen-bond acceptors (Lipinski definition) is 7. The molecule has 0 radical (unpaired) electrons. The van der Waals surface area contributed by atoms with Crippen LogP contribution in [0, 0.1) is 25.2 Å². The van der Waals surface area contributed by atoms with Gasteiger partial charge in [0.05, 0.1) is 22.6 Å². The molecule has 0 aliphatic rings. The highest BCUT2D eigenvalue weighted by molar-refractivity contribution is 8.00. The van der Waals surface area contributed by atoms with E-state index in [0.29, 0.717) is 22.4 Å². The molecular weight excluding hydrogens is 364 g/mol.